The molecule has 0 saturated carbocycles. The molecule has 0 saturated heterocycles. The third-order valence-electron chi connectivity index (χ3n) is 5.08. The molecule has 1 aromatic carbocycles. The number of rotatable bonds is 7. The van der Waals surface area contributed by atoms with Gasteiger partial charge in [-0.15, -0.1) is 34.2 Å². The highest BCUT2D eigenvalue weighted by Crippen LogP contribution is 2.22. The second kappa shape index (κ2) is 12.5. The highest BCUT2D eigenvalue weighted by molar-refractivity contribution is 14.0. The maximum atomic E-state index is 4.76. The molecule has 1 aliphatic heterocycles. The number of fused-ring (bicyclic) bond motifs is 1. The second-order valence-corrected chi connectivity index (χ2v) is 8.10. The Morgan fingerprint density at radius 1 is 1.24 bits per heavy atom. The summed E-state index contributed by atoms with van der Waals surface area (Å²) in [6.07, 6.45) is 6.72. The van der Waals surface area contributed by atoms with Gasteiger partial charge in [-0.25, -0.2) is 0 Å². The summed E-state index contributed by atoms with van der Waals surface area (Å²) < 4.78 is 3.44. The number of benzene rings is 1. The van der Waals surface area contributed by atoms with E-state index in [4.69, 9.17) is 4.99 Å². The van der Waals surface area contributed by atoms with Crippen molar-refractivity contribution in [3.8, 4) is 0 Å². The zero-order valence-corrected chi connectivity index (χ0v) is 21.2. The van der Waals surface area contributed by atoms with E-state index in [9.17, 15) is 0 Å². The van der Waals surface area contributed by atoms with Gasteiger partial charge in [0.05, 0.1) is 6.04 Å². The zero-order chi connectivity index (χ0) is 19.8. The van der Waals surface area contributed by atoms with Crippen LogP contribution in [0.5, 0.6) is 0 Å². The third-order valence-corrected chi connectivity index (χ3v) is 5.81. The lowest BCUT2D eigenvalue weighted by molar-refractivity contribution is 0.597. The van der Waals surface area contributed by atoms with Crippen LogP contribution in [0.1, 0.15) is 62.8 Å². The van der Waals surface area contributed by atoms with E-state index < -0.39 is 0 Å². The molecular weight excluding hydrogens is 543 g/mol. The molecule has 2 N–H and O–H groups in total. The first-order chi connectivity index (χ1) is 13.7. The highest BCUT2D eigenvalue weighted by atomic mass is 127. The lowest BCUT2D eigenvalue weighted by atomic mass is 10.1. The largest absolute Gasteiger partial charge is 0.357 e. The number of aromatic nitrogens is 3. The molecule has 0 amide bonds. The fourth-order valence-corrected chi connectivity index (χ4v) is 4.22. The van der Waals surface area contributed by atoms with Crippen molar-refractivity contribution in [2.24, 2.45) is 4.99 Å². The van der Waals surface area contributed by atoms with Crippen LogP contribution >= 0.6 is 39.9 Å². The van der Waals surface area contributed by atoms with Gasteiger partial charge < -0.3 is 15.2 Å². The minimum absolute atomic E-state index is 0. The van der Waals surface area contributed by atoms with Gasteiger partial charge in [0.15, 0.2) is 5.96 Å². The van der Waals surface area contributed by atoms with Crippen LogP contribution in [-0.2, 0) is 19.4 Å². The fourth-order valence-electron chi connectivity index (χ4n) is 3.59. The molecule has 1 unspecified atom stereocenters. The highest BCUT2D eigenvalue weighted by Gasteiger charge is 2.14. The van der Waals surface area contributed by atoms with Crippen molar-refractivity contribution in [2.45, 2.75) is 65.0 Å². The number of nitrogens with one attached hydrogen (secondary N) is 2. The Morgan fingerprint density at radius 3 is 2.86 bits per heavy atom. The fraction of sp³-hybridized carbons (Fsp3) is 0.571. The molecule has 2 aromatic rings. The minimum Gasteiger partial charge on any atom is -0.357 e. The minimum atomic E-state index is 0. The van der Waals surface area contributed by atoms with E-state index in [1.54, 1.807) is 0 Å². The Balaban J connectivity index is 0.00000300. The van der Waals surface area contributed by atoms with Gasteiger partial charge in [-0.1, -0.05) is 40.5 Å². The molecule has 8 heteroatoms. The summed E-state index contributed by atoms with van der Waals surface area (Å²) in [4.78, 5) is 4.76. The van der Waals surface area contributed by atoms with Crippen molar-refractivity contribution in [2.75, 3.05) is 13.1 Å². The Morgan fingerprint density at radius 2 is 2.07 bits per heavy atom. The van der Waals surface area contributed by atoms with E-state index >= 15 is 0 Å². The van der Waals surface area contributed by atoms with Crippen LogP contribution in [0, 0.1) is 0 Å². The van der Waals surface area contributed by atoms with Crippen molar-refractivity contribution >= 4 is 45.9 Å². The molecule has 0 spiro atoms. The van der Waals surface area contributed by atoms with Gasteiger partial charge in [0, 0.05) is 36.9 Å². The Hall–Kier alpha value is -1.16. The molecule has 0 fully saturated rings. The van der Waals surface area contributed by atoms with Gasteiger partial charge >= 0.3 is 0 Å². The summed E-state index contributed by atoms with van der Waals surface area (Å²) >= 11 is 3.63. The first-order valence-electron chi connectivity index (χ1n) is 10.4. The van der Waals surface area contributed by atoms with Crippen LogP contribution < -0.4 is 10.6 Å². The summed E-state index contributed by atoms with van der Waals surface area (Å²) in [7, 11) is 0. The maximum absolute atomic E-state index is 4.76. The predicted molar refractivity (Wildman–Crippen MR) is 133 cm³/mol. The first-order valence-corrected chi connectivity index (χ1v) is 11.2. The van der Waals surface area contributed by atoms with Crippen LogP contribution in [-0.4, -0.2) is 33.8 Å². The molecule has 160 valence electrons. The molecule has 1 aliphatic rings. The van der Waals surface area contributed by atoms with Gasteiger partial charge in [0.25, 0.3) is 0 Å². The maximum Gasteiger partial charge on any atom is 0.191 e. The number of nitrogens with zero attached hydrogens (tertiary/aromatic N) is 4. The number of aryl methyl sites for hydroxylation is 2. The van der Waals surface area contributed by atoms with Crippen molar-refractivity contribution in [1.29, 1.82) is 0 Å². The SMILES string of the molecule is CCNC(=NCCCc1nnc2n1CCCCC2)NC(C)c1ccccc1Br.I. The molecule has 29 heavy (non-hydrogen) atoms. The van der Waals surface area contributed by atoms with E-state index in [2.05, 4.69) is 73.4 Å². The van der Waals surface area contributed by atoms with Gasteiger partial charge in [-0.2, -0.15) is 0 Å². The van der Waals surface area contributed by atoms with Gasteiger partial charge in [0.2, 0.25) is 0 Å². The number of guanidine groups is 1. The van der Waals surface area contributed by atoms with Crippen LogP contribution in [0.4, 0.5) is 0 Å². The van der Waals surface area contributed by atoms with Crippen molar-refractivity contribution in [3.05, 3.63) is 46.0 Å². The summed E-state index contributed by atoms with van der Waals surface area (Å²) in [5.41, 5.74) is 1.22. The van der Waals surface area contributed by atoms with Gasteiger partial charge in [-0.3, -0.25) is 4.99 Å². The molecule has 2 heterocycles. The normalized spacial score (nSPS) is 15.1. The first kappa shape index (κ1) is 24.1. The topological polar surface area (TPSA) is 67.1 Å². The predicted octanol–water partition coefficient (Wildman–Crippen LogP) is 4.63. The Bertz CT molecular complexity index is 791. The lowest BCUT2D eigenvalue weighted by Crippen LogP contribution is -2.38. The molecule has 0 radical (unpaired) electrons. The quantitative estimate of drug-likeness (QED) is 0.219. The molecule has 0 bridgehead atoms. The number of halogens is 2. The molecule has 1 atom stereocenters. The van der Waals surface area contributed by atoms with Gasteiger partial charge in [-0.05, 0) is 44.7 Å². The smallest absolute Gasteiger partial charge is 0.191 e. The monoisotopic (exact) mass is 574 g/mol. The summed E-state index contributed by atoms with van der Waals surface area (Å²) in [5, 5.41) is 15.7. The summed E-state index contributed by atoms with van der Waals surface area (Å²) in [6, 6.07) is 8.45. The van der Waals surface area contributed by atoms with E-state index in [-0.39, 0.29) is 30.0 Å². The van der Waals surface area contributed by atoms with E-state index in [1.807, 2.05) is 6.07 Å². The van der Waals surface area contributed by atoms with E-state index in [0.29, 0.717) is 0 Å². The van der Waals surface area contributed by atoms with Crippen molar-refractivity contribution in [1.82, 2.24) is 25.4 Å². The Kier molecular flexibility index (Phi) is 10.4. The summed E-state index contributed by atoms with van der Waals surface area (Å²) in [6.45, 7) is 6.91. The van der Waals surface area contributed by atoms with E-state index in [0.717, 1.165) is 61.0 Å². The zero-order valence-electron chi connectivity index (χ0n) is 17.3. The van der Waals surface area contributed by atoms with Crippen LogP contribution in [0.2, 0.25) is 0 Å². The van der Waals surface area contributed by atoms with Crippen LogP contribution in [0.15, 0.2) is 33.7 Å². The van der Waals surface area contributed by atoms with E-state index in [1.165, 1.54) is 24.8 Å². The second-order valence-electron chi connectivity index (χ2n) is 7.25. The molecule has 6 nitrogen and oxygen atoms in total. The number of hydrogen-bond acceptors (Lipinski definition) is 3. The molecule has 3 rings (SSSR count). The lowest BCUT2D eigenvalue weighted by Gasteiger charge is -2.19. The average molecular weight is 575 g/mol. The molecular formula is C21H32BrIN6. The Labute approximate surface area is 199 Å². The summed E-state index contributed by atoms with van der Waals surface area (Å²) in [5.74, 6) is 3.13. The average Bonchev–Trinajstić information content (AvgIpc) is 2.92. The molecule has 1 aromatic heterocycles. The van der Waals surface area contributed by atoms with Crippen molar-refractivity contribution in [3.63, 3.8) is 0 Å². The van der Waals surface area contributed by atoms with Crippen LogP contribution in [0.3, 0.4) is 0 Å². The van der Waals surface area contributed by atoms with Gasteiger partial charge in [0.1, 0.15) is 11.6 Å². The number of aliphatic imine (C=N–C) groups is 1. The third kappa shape index (κ3) is 6.94. The van der Waals surface area contributed by atoms with Crippen LogP contribution in [0.25, 0.3) is 0 Å². The number of hydrogen-bond donors (Lipinski definition) is 2. The van der Waals surface area contributed by atoms with Crippen molar-refractivity contribution < 1.29 is 0 Å². The molecule has 0 aliphatic carbocycles. The standard InChI is InChI=1S/C21H31BrN6.HI/c1-3-23-21(25-16(2)17-10-6-7-11-18(17)22)24-14-9-13-20-27-26-19-12-5-4-8-15-28(19)20;/h6-7,10-11,16H,3-5,8-9,12-15H2,1-2H3,(H2,23,24,25);1H.